The predicted octanol–water partition coefficient (Wildman–Crippen LogP) is 3.11. The zero-order chi connectivity index (χ0) is 25.2. The van der Waals surface area contributed by atoms with Gasteiger partial charge in [-0.3, -0.25) is 4.79 Å². The van der Waals surface area contributed by atoms with Gasteiger partial charge in [0.15, 0.2) is 0 Å². The minimum Gasteiger partial charge on any atom is -0.492 e. The molecule has 1 saturated heterocycles. The average molecular weight is 523 g/mol. The fourth-order valence-electron chi connectivity index (χ4n) is 4.38. The van der Waals surface area contributed by atoms with Gasteiger partial charge in [0.1, 0.15) is 16.4 Å². The van der Waals surface area contributed by atoms with Gasteiger partial charge in [-0.2, -0.15) is 4.31 Å². The maximum Gasteiger partial charge on any atom is 0.348 e. The van der Waals surface area contributed by atoms with Gasteiger partial charge in [-0.15, -0.1) is 0 Å². The van der Waals surface area contributed by atoms with E-state index in [1.54, 1.807) is 37.3 Å². The smallest absolute Gasteiger partial charge is 0.348 e. The summed E-state index contributed by atoms with van der Waals surface area (Å²) < 4.78 is 44.5. The quantitative estimate of drug-likeness (QED) is 0.537. The number of hydrogen-bond acceptors (Lipinski definition) is 7. The topological polar surface area (TPSA) is 102 Å². The molecule has 35 heavy (non-hydrogen) atoms. The maximum atomic E-state index is 13.7. The van der Waals surface area contributed by atoms with Crippen LogP contribution in [0.4, 0.5) is 5.69 Å². The molecular formula is C24H27ClN2O7S. The zero-order valence-corrected chi connectivity index (χ0v) is 21.0. The van der Waals surface area contributed by atoms with Crippen molar-refractivity contribution in [2.24, 2.45) is 5.92 Å². The van der Waals surface area contributed by atoms with Crippen molar-refractivity contribution in [3.8, 4) is 11.5 Å². The molecule has 1 amide bonds. The first-order valence-corrected chi connectivity index (χ1v) is 13.2. The van der Waals surface area contributed by atoms with Crippen LogP contribution in [0.3, 0.4) is 0 Å². The van der Waals surface area contributed by atoms with Crippen molar-refractivity contribution < 1.29 is 32.2 Å². The highest BCUT2D eigenvalue weighted by atomic mass is 35.5. The number of carbonyl (C=O) groups is 2. The minimum atomic E-state index is -3.97. The van der Waals surface area contributed by atoms with Crippen molar-refractivity contribution in [1.29, 1.82) is 0 Å². The molecule has 2 heterocycles. The van der Waals surface area contributed by atoms with Gasteiger partial charge in [-0.1, -0.05) is 23.7 Å². The summed E-state index contributed by atoms with van der Waals surface area (Å²) in [6, 6.07) is 11.4. The summed E-state index contributed by atoms with van der Waals surface area (Å²) in [6.07, 6.45) is 0.0516. The molecule has 1 fully saturated rings. The number of para-hydroxylation sites is 2. The molecule has 0 unspecified atom stereocenters. The van der Waals surface area contributed by atoms with Crippen LogP contribution in [-0.4, -0.2) is 64.1 Å². The number of hydrogen-bond donors (Lipinski definition) is 0. The SMILES string of the molecule is CCOc1ccc(Cl)cc1S(=O)(=O)N1CCC[C@H](C(=O)N2C[C@H](C(=O)OC)Oc3ccccc32)C1. The number of benzene rings is 2. The van der Waals surface area contributed by atoms with Gasteiger partial charge in [0.2, 0.25) is 22.0 Å². The summed E-state index contributed by atoms with van der Waals surface area (Å²) in [5.74, 6) is -0.852. The Labute approximate surface area is 209 Å². The second kappa shape index (κ2) is 10.4. The van der Waals surface area contributed by atoms with Crippen molar-refractivity contribution in [2.45, 2.75) is 30.8 Å². The number of ether oxygens (including phenoxy) is 3. The Morgan fingerprint density at radius 1 is 1.17 bits per heavy atom. The summed E-state index contributed by atoms with van der Waals surface area (Å²) in [5, 5.41) is 0.274. The molecule has 0 aromatic heterocycles. The van der Waals surface area contributed by atoms with E-state index in [1.807, 2.05) is 0 Å². The van der Waals surface area contributed by atoms with E-state index in [9.17, 15) is 18.0 Å². The van der Waals surface area contributed by atoms with Crippen LogP contribution in [0, 0.1) is 5.92 Å². The summed E-state index contributed by atoms with van der Waals surface area (Å²) in [6.45, 7) is 2.32. The van der Waals surface area contributed by atoms with Crippen molar-refractivity contribution in [3.63, 3.8) is 0 Å². The Morgan fingerprint density at radius 3 is 2.69 bits per heavy atom. The zero-order valence-electron chi connectivity index (χ0n) is 19.5. The Balaban J connectivity index is 1.60. The summed E-state index contributed by atoms with van der Waals surface area (Å²) in [5.41, 5.74) is 0.533. The van der Waals surface area contributed by atoms with Crippen molar-refractivity contribution in [2.75, 3.05) is 38.3 Å². The number of rotatable bonds is 6. The first kappa shape index (κ1) is 25.3. The van der Waals surface area contributed by atoms with E-state index < -0.39 is 28.0 Å². The highest BCUT2D eigenvalue weighted by Crippen LogP contribution is 2.37. The fourth-order valence-corrected chi connectivity index (χ4v) is 6.30. The Kier molecular flexibility index (Phi) is 7.53. The fraction of sp³-hybridized carbons (Fsp3) is 0.417. The van der Waals surface area contributed by atoms with Gasteiger partial charge >= 0.3 is 5.97 Å². The first-order chi connectivity index (χ1) is 16.8. The number of piperidine rings is 1. The van der Waals surface area contributed by atoms with Crippen LogP contribution in [0.2, 0.25) is 5.02 Å². The van der Waals surface area contributed by atoms with Crippen LogP contribution in [-0.2, 0) is 24.3 Å². The number of esters is 1. The van der Waals surface area contributed by atoms with E-state index in [2.05, 4.69) is 0 Å². The standard InChI is InChI=1S/C24H27ClN2O7S/c1-3-33-20-11-10-17(25)13-22(20)35(30,31)26-12-6-7-16(14-26)23(28)27-15-21(24(29)32-2)34-19-9-5-4-8-18(19)27/h4-5,8-11,13,16,21H,3,6-7,12,14-15H2,1-2H3/t16-,21+/m0/s1. The van der Waals surface area contributed by atoms with Gasteiger partial charge in [0.05, 0.1) is 31.9 Å². The molecule has 11 heteroatoms. The average Bonchev–Trinajstić information content (AvgIpc) is 2.88. The second-order valence-corrected chi connectivity index (χ2v) is 10.6. The third-order valence-electron chi connectivity index (χ3n) is 6.06. The Hall–Kier alpha value is -2.82. The van der Waals surface area contributed by atoms with Crippen LogP contribution >= 0.6 is 11.6 Å². The van der Waals surface area contributed by atoms with Gasteiger partial charge < -0.3 is 19.1 Å². The molecule has 0 aliphatic carbocycles. The van der Waals surface area contributed by atoms with Crippen molar-refractivity contribution >= 4 is 39.2 Å². The molecular weight excluding hydrogens is 496 g/mol. The summed E-state index contributed by atoms with van der Waals surface area (Å²) in [7, 11) is -2.71. The van der Waals surface area contributed by atoms with Crippen LogP contribution in [0.25, 0.3) is 0 Å². The lowest BCUT2D eigenvalue weighted by molar-refractivity contribution is -0.148. The number of anilines is 1. The van der Waals surface area contributed by atoms with Crippen LogP contribution < -0.4 is 14.4 Å². The number of sulfonamides is 1. The van der Waals surface area contributed by atoms with Crippen LogP contribution in [0.15, 0.2) is 47.4 Å². The van der Waals surface area contributed by atoms with Gasteiger partial charge in [-0.05, 0) is 50.1 Å². The Morgan fingerprint density at radius 2 is 1.94 bits per heavy atom. The molecule has 188 valence electrons. The monoisotopic (exact) mass is 522 g/mol. The lowest BCUT2D eigenvalue weighted by Crippen LogP contribution is -2.52. The first-order valence-electron chi connectivity index (χ1n) is 11.3. The molecule has 2 aliphatic rings. The molecule has 2 aromatic carbocycles. The number of halogens is 1. The van der Waals surface area contributed by atoms with E-state index in [0.29, 0.717) is 30.9 Å². The third-order valence-corrected chi connectivity index (χ3v) is 8.18. The number of carbonyl (C=O) groups excluding carboxylic acids is 2. The van der Waals surface area contributed by atoms with Crippen molar-refractivity contribution in [3.05, 3.63) is 47.5 Å². The number of amides is 1. The predicted molar refractivity (Wildman–Crippen MR) is 129 cm³/mol. The van der Waals surface area contributed by atoms with E-state index in [-0.39, 0.29) is 41.2 Å². The molecule has 0 N–H and O–H groups in total. The maximum absolute atomic E-state index is 13.7. The highest BCUT2D eigenvalue weighted by molar-refractivity contribution is 7.89. The molecule has 2 atom stereocenters. The van der Waals surface area contributed by atoms with Crippen LogP contribution in [0.1, 0.15) is 19.8 Å². The Bertz CT molecular complexity index is 1220. The molecule has 2 aliphatic heterocycles. The second-order valence-electron chi connectivity index (χ2n) is 8.27. The lowest BCUT2D eigenvalue weighted by atomic mass is 9.97. The highest BCUT2D eigenvalue weighted by Gasteiger charge is 2.40. The van der Waals surface area contributed by atoms with Gasteiger partial charge in [0.25, 0.3) is 0 Å². The van der Waals surface area contributed by atoms with E-state index >= 15 is 0 Å². The molecule has 4 rings (SSSR count). The number of methoxy groups -OCH3 is 1. The van der Waals surface area contributed by atoms with Crippen LogP contribution in [0.5, 0.6) is 11.5 Å². The minimum absolute atomic E-state index is 0.00165. The van der Waals surface area contributed by atoms with Crippen molar-refractivity contribution in [1.82, 2.24) is 4.31 Å². The van der Waals surface area contributed by atoms with E-state index in [0.717, 1.165) is 0 Å². The normalized spacial score (nSPS) is 20.5. The van der Waals surface area contributed by atoms with E-state index in [4.69, 9.17) is 25.8 Å². The molecule has 9 nitrogen and oxygen atoms in total. The molecule has 0 spiro atoms. The molecule has 0 radical (unpaired) electrons. The summed E-state index contributed by atoms with van der Waals surface area (Å²) >= 11 is 6.09. The largest absolute Gasteiger partial charge is 0.492 e. The number of nitrogens with zero attached hydrogens (tertiary/aromatic N) is 2. The number of fused-ring (bicyclic) bond motifs is 1. The lowest BCUT2D eigenvalue weighted by Gasteiger charge is -2.38. The molecule has 0 saturated carbocycles. The van der Waals surface area contributed by atoms with Gasteiger partial charge in [-0.25, -0.2) is 13.2 Å². The summed E-state index contributed by atoms with van der Waals surface area (Å²) in [4.78, 5) is 27.3. The molecule has 2 aromatic rings. The van der Waals surface area contributed by atoms with Gasteiger partial charge in [0, 0.05) is 18.1 Å². The third kappa shape index (κ3) is 5.10. The molecule has 0 bridgehead atoms. The van der Waals surface area contributed by atoms with E-state index in [1.165, 1.54) is 28.4 Å².